The van der Waals surface area contributed by atoms with Crippen LogP contribution >= 0.6 is 11.3 Å². The Morgan fingerprint density at radius 2 is 0.954 bits per heavy atom. The molecule has 65 heavy (non-hydrogen) atoms. The first-order chi connectivity index (χ1) is 32.2. The molecule has 302 valence electrons. The third-order valence-electron chi connectivity index (χ3n) is 13.4. The summed E-state index contributed by atoms with van der Waals surface area (Å²) in [7, 11) is 0. The molecule has 5 nitrogen and oxygen atoms in total. The van der Waals surface area contributed by atoms with Crippen molar-refractivity contribution >= 4 is 53.2 Å². The van der Waals surface area contributed by atoms with Gasteiger partial charge < -0.3 is 4.74 Å². The SMILES string of the molecule is c1ccc(-c2nc(-c3ccc(-c4nc5ccccc5c5c6c(ccc45)C4(c5ccccc5Oc5ccccc54)c4ccccc4-6)cc3)nc(-c3cccc4c3sc3ccccc34)n2)cc1. The number of benzene rings is 9. The Morgan fingerprint density at radius 3 is 1.74 bits per heavy atom. The molecule has 14 rings (SSSR count). The molecule has 3 aromatic heterocycles. The average Bonchev–Trinajstić information content (AvgIpc) is 3.90. The summed E-state index contributed by atoms with van der Waals surface area (Å²) < 4.78 is 9.04. The molecule has 1 aliphatic heterocycles. The number of thiophene rings is 1. The molecule has 0 bridgehead atoms. The van der Waals surface area contributed by atoms with Crippen molar-refractivity contribution in [1.29, 1.82) is 0 Å². The second kappa shape index (κ2) is 13.8. The van der Waals surface area contributed by atoms with Crippen LogP contribution in [0, 0.1) is 0 Å². The van der Waals surface area contributed by atoms with Crippen molar-refractivity contribution < 1.29 is 4.74 Å². The van der Waals surface area contributed by atoms with Gasteiger partial charge in [-0.3, -0.25) is 0 Å². The Balaban J connectivity index is 0.963. The molecule has 0 saturated heterocycles. The molecule has 1 spiro atoms. The molecule has 0 radical (unpaired) electrons. The van der Waals surface area contributed by atoms with Crippen LogP contribution in [-0.2, 0) is 5.41 Å². The van der Waals surface area contributed by atoms with Gasteiger partial charge in [-0.15, -0.1) is 11.3 Å². The van der Waals surface area contributed by atoms with E-state index in [1.807, 2.05) is 18.2 Å². The van der Waals surface area contributed by atoms with Crippen LogP contribution in [-0.4, -0.2) is 19.9 Å². The topological polar surface area (TPSA) is 60.8 Å². The van der Waals surface area contributed by atoms with Crippen LogP contribution in [0.1, 0.15) is 22.3 Å². The summed E-state index contributed by atoms with van der Waals surface area (Å²) in [5.41, 5.74) is 12.4. The van der Waals surface area contributed by atoms with E-state index in [1.54, 1.807) is 11.3 Å². The van der Waals surface area contributed by atoms with E-state index in [9.17, 15) is 0 Å². The maximum absolute atomic E-state index is 6.63. The average molecular weight is 847 g/mol. The van der Waals surface area contributed by atoms with Crippen LogP contribution in [0.25, 0.3) is 98.4 Å². The van der Waals surface area contributed by atoms with Crippen LogP contribution in [0.5, 0.6) is 11.5 Å². The Hall–Kier alpha value is -8.32. The number of hydrogen-bond acceptors (Lipinski definition) is 6. The van der Waals surface area contributed by atoms with Crippen molar-refractivity contribution in [2.75, 3.05) is 0 Å². The van der Waals surface area contributed by atoms with E-state index < -0.39 is 5.41 Å². The van der Waals surface area contributed by atoms with Gasteiger partial charge in [0.25, 0.3) is 0 Å². The highest BCUT2D eigenvalue weighted by atomic mass is 32.1. The van der Waals surface area contributed by atoms with Crippen molar-refractivity contribution in [3.8, 4) is 68.0 Å². The molecule has 0 fully saturated rings. The molecule has 4 heterocycles. The summed E-state index contributed by atoms with van der Waals surface area (Å²) >= 11 is 1.78. The number of para-hydroxylation sites is 3. The molecule has 0 N–H and O–H groups in total. The maximum Gasteiger partial charge on any atom is 0.165 e. The molecule has 1 aliphatic carbocycles. The Labute approximate surface area is 378 Å². The van der Waals surface area contributed by atoms with Gasteiger partial charge in [-0.1, -0.05) is 176 Å². The predicted molar refractivity (Wildman–Crippen MR) is 265 cm³/mol. The van der Waals surface area contributed by atoms with Gasteiger partial charge in [0, 0.05) is 69.7 Å². The van der Waals surface area contributed by atoms with Crippen molar-refractivity contribution in [3.63, 3.8) is 0 Å². The third kappa shape index (κ3) is 5.20. The molecule has 12 aromatic rings. The summed E-state index contributed by atoms with van der Waals surface area (Å²) in [5, 5.41) is 5.87. The van der Waals surface area contributed by atoms with Crippen molar-refractivity contribution in [2.24, 2.45) is 0 Å². The van der Waals surface area contributed by atoms with E-state index in [4.69, 9.17) is 24.7 Å². The van der Waals surface area contributed by atoms with Crippen molar-refractivity contribution in [3.05, 3.63) is 229 Å². The number of nitrogens with zero attached hydrogens (tertiary/aromatic N) is 4. The number of rotatable bonds is 4. The molecule has 0 unspecified atom stereocenters. The second-order valence-corrected chi connectivity index (χ2v) is 17.9. The van der Waals surface area contributed by atoms with E-state index in [1.165, 1.54) is 47.8 Å². The zero-order chi connectivity index (χ0) is 42.6. The maximum atomic E-state index is 6.63. The van der Waals surface area contributed by atoms with E-state index in [2.05, 4.69) is 188 Å². The Morgan fingerprint density at radius 1 is 0.369 bits per heavy atom. The summed E-state index contributed by atoms with van der Waals surface area (Å²) in [6.07, 6.45) is 0. The fraction of sp³-hybridized carbons (Fsp3) is 0.0169. The van der Waals surface area contributed by atoms with Crippen LogP contribution in [0.3, 0.4) is 0 Å². The summed E-state index contributed by atoms with van der Waals surface area (Å²) in [6, 6.07) is 72.9. The van der Waals surface area contributed by atoms with Gasteiger partial charge in [0.15, 0.2) is 17.5 Å². The van der Waals surface area contributed by atoms with Gasteiger partial charge in [-0.05, 0) is 52.6 Å². The van der Waals surface area contributed by atoms with Gasteiger partial charge >= 0.3 is 0 Å². The summed E-state index contributed by atoms with van der Waals surface area (Å²) in [5.74, 6) is 3.67. The van der Waals surface area contributed by atoms with E-state index in [-0.39, 0.29) is 0 Å². The normalized spacial score (nSPS) is 13.2. The largest absolute Gasteiger partial charge is 0.457 e. The first kappa shape index (κ1) is 36.2. The molecular weight excluding hydrogens is 813 g/mol. The van der Waals surface area contributed by atoms with E-state index in [0.29, 0.717) is 17.5 Å². The molecule has 6 heteroatoms. The first-order valence-corrected chi connectivity index (χ1v) is 22.7. The van der Waals surface area contributed by atoms with Gasteiger partial charge in [0.05, 0.1) is 16.6 Å². The standard InChI is InChI=1S/C59H34N4OS/c1-2-15-36(16-3-1)56-61-57(63-58(62-56)43-21-14-20-39-38-17-6-13-28-51(38)65-55(39)43)37-31-29-35(30-32-37)54-42-33-34-47-53(52(42)41-19-5-10-25-48(41)60-54)40-18-4-7-22-44(40)59(47)45-23-8-11-26-49(45)64-50-27-12-9-24-46(50)59/h1-34H. The minimum absolute atomic E-state index is 0.567. The highest BCUT2D eigenvalue weighted by Gasteiger charge is 2.51. The Bertz CT molecular complexity index is 3890. The third-order valence-corrected chi connectivity index (χ3v) is 14.6. The van der Waals surface area contributed by atoms with Crippen LogP contribution < -0.4 is 4.74 Å². The second-order valence-electron chi connectivity index (χ2n) is 16.8. The van der Waals surface area contributed by atoms with Gasteiger partial charge in [0.1, 0.15) is 11.5 Å². The molecule has 0 saturated carbocycles. The molecule has 0 amide bonds. The monoisotopic (exact) mass is 846 g/mol. The quantitative estimate of drug-likeness (QED) is 0.165. The minimum atomic E-state index is -0.567. The predicted octanol–water partition coefficient (Wildman–Crippen LogP) is 15.1. The highest BCUT2D eigenvalue weighted by Crippen LogP contribution is 2.63. The van der Waals surface area contributed by atoms with Gasteiger partial charge in [0.2, 0.25) is 0 Å². The van der Waals surface area contributed by atoms with E-state index >= 15 is 0 Å². The Kier molecular flexibility index (Phi) is 7.71. The lowest BCUT2D eigenvalue weighted by molar-refractivity contribution is 0.436. The molecule has 2 aliphatic rings. The fourth-order valence-electron chi connectivity index (χ4n) is 10.6. The highest BCUT2D eigenvalue weighted by molar-refractivity contribution is 7.26. The minimum Gasteiger partial charge on any atom is -0.457 e. The number of aromatic nitrogens is 4. The summed E-state index contributed by atoms with van der Waals surface area (Å²) in [6.45, 7) is 0. The molecule has 9 aromatic carbocycles. The first-order valence-electron chi connectivity index (χ1n) is 21.9. The number of ether oxygens (including phenoxy) is 1. The van der Waals surface area contributed by atoms with Crippen LogP contribution in [0.2, 0.25) is 0 Å². The number of fused-ring (bicyclic) bond motifs is 16. The lowest BCUT2D eigenvalue weighted by Crippen LogP contribution is -2.32. The van der Waals surface area contributed by atoms with Gasteiger partial charge in [-0.2, -0.15) is 0 Å². The van der Waals surface area contributed by atoms with Crippen molar-refractivity contribution in [1.82, 2.24) is 19.9 Å². The van der Waals surface area contributed by atoms with Crippen LogP contribution in [0.4, 0.5) is 0 Å². The smallest absolute Gasteiger partial charge is 0.165 e. The van der Waals surface area contributed by atoms with Crippen molar-refractivity contribution in [2.45, 2.75) is 5.41 Å². The fourth-order valence-corrected chi connectivity index (χ4v) is 11.9. The lowest BCUT2D eigenvalue weighted by atomic mass is 9.66. The molecule has 0 atom stereocenters. The number of pyridine rings is 1. The zero-order valence-electron chi connectivity index (χ0n) is 34.7. The van der Waals surface area contributed by atoms with E-state index in [0.717, 1.165) is 66.9 Å². The lowest BCUT2D eigenvalue weighted by Gasteiger charge is -2.39. The molecular formula is C59H34N4OS. The van der Waals surface area contributed by atoms with Crippen LogP contribution in [0.15, 0.2) is 206 Å². The summed E-state index contributed by atoms with van der Waals surface area (Å²) in [4.78, 5) is 20.9. The number of hydrogen-bond donors (Lipinski definition) is 0. The zero-order valence-corrected chi connectivity index (χ0v) is 35.6. The van der Waals surface area contributed by atoms with Gasteiger partial charge in [-0.25, -0.2) is 19.9 Å².